The van der Waals surface area contributed by atoms with E-state index in [9.17, 15) is 26.0 Å². The van der Waals surface area contributed by atoms with Crippen LogP contribution in [0, 0.1) is 0 Å². The first-order valence-electron chi connectivity index (χ1n) is 5.55. The summed E-state index contributed by atoms with van der Waals surface area (Å²) in [5, 5.41) is -0.882. The van der Waals surface area contributed by atoms with E-state index in [1.807, 2.05) is 0 Å². The average molecular weight is 336 g/mol. The molecule has 1 heterocycles. The predicted molar refractivity (Wildman–Crippen MR) is 72.0 cm³/mol. The Morgan fingerprint density at radius 3 is 2.10 bits per heavy atom. The van der Waals surface area contributed by atoms with E-state index in [1.165, 1.54) is 29.6 Å². The number of thiophene rings is 1. The standard InChI is InChI=1S/C13H8F4O2S2/c14-12(21(18,19)9-5-2-1-3-6-9)11(13(15,16)17)10-7-4-8-20-10/h1-8H/b12-11-. The van der Waals surface area contributed by atoms with Crippen molar-refractivity contribution in [2.45, 2.75) is 11.1 Å². The minimum Gasteiger partial charge on any atom is -0.216 e. The molecule has 0 amide bonds. The highest BCUT2D eigenvalue weighted by molar-refractivity contribution is 7.95. The average Bonchev–Trinajstić information content (AvgIpc) is 2.92. The molecule has 112 valence electrons. The molecule has 0 spiro atoms. The molecule has 21 heavy (non-hydrogen) atoms. The van der Waals surface area contributed by atoms with Gasteiger partial charge in [0.25, 0.3) is 0 Å². The molecule has 0 aliphatic carbocycles. The molecule has 0 saturated heterocycles. The second-order valence-corrected chi connectivity index (χ2v) is 6.72. The van der Waals surface area contributed by atoms with Gasteiger partial charge in [0, 0.05) is 4.88 Å². The Labute approximate surface area is 122 Å². The number of halogens is 4. The first-order valence-corrected chi connectivity index (χ1v) is 7.92. The summed E-state index contributed by atoms with van der Waals surface area (Å²) in [5.74, 6) is 0. The lowest BCUT2D eigenvalue weighted by molar-refractivity contribution is -0.0695. The highest BCUT2D eigenvalue weighted by Crippen LogP contribution is 2.41. The van der Waals surface area contributed by atoms with E-state index in [1.54, 1.807) is 0 Å². The molecule has 8 heteroatoms. The Kier molecular flexibility index (Phi) is 4.20. The largest absolute Gasteiger partial charge is 0.421 e. The number of sulfone groups is 1. The van der Waals surface area contributed by atoms with Crippen LogP contribution >= 0.6 is 11.3 Å². The maximum Gasteiger partial charge on any atom is 0.421 e. The van der Waals surface area contributed by atoms with Crippen molar-refractivity contribution in [1.29, 1.82) is 0 Å². The van der Waals surface area contributed by atoms with Crippen molar-refractivity contribution in [3.05, 3.63) is 57.9 Å². The van der Waals surface area contributed by atoms with Crippen molar-refractivity contribution in [2.24, 2.45) is 0 Å². The van der Waals surface area contributed by atoms with Gasteiger partial charge >= 0.3 is 6.18 Å². The second-order valence-electron chi connectivity index (χ2n) is 3.94. The van der Waals surface area contributed by atoms with Crippen LogP contribution in [0.15, 0.2) is 57.9 Å². The number of alkyl halides is 3. The van der Waals surface area contributed by atoms with Crippen molar-refractivity contribution >= 4 is 26.7 Å². The molecular formula is C13H8F4O2S2. The summed E-state index contributed by atoms with van der Waals surface area (Å²) in [4.78, 5) is -1.01. The molecule has 2 nitrogen and oxygen atoms in total. The van der Waals surface area contributed by atoms with Crippen molar-refractivity contribution in [1.82, 2.24) is 0 Å². The fraction of sp³-hybridized carbons (Fsp3) is 0.0769. The molecule has 1 aromatic carbocycles. The molecular weight excluding hydrogens is 328 g/mol. The van der Waals surface area contributed by atoms with Crippen LogP contribution in [0.4, 0.5) is 17.6 Å². The van der Waals surface area contributed by atoms with E-state index in [2.05, 4.69) is 0 Å². The van der Waals surface area contributed by atoms with E-state index in [4.69, 9.17) is 0 Å². The van der Waals surface area contributed by atoms with Crippen LogP contribution in [0.2, 0.25) is 0 Å². The SMILES string of the molecule is O=S(=O)(/C(F)=C(/c1cccs1)C(F)(F)F)c1ccccc1. The van der Waals surface area contributed by atoms with Gasteiger partial charge in [-0.25, -0.2) is 8.42 Å². The van der Waals surface area contributed by atoms with Crippen LogP contribution in [0.5, 0.6) is 0 Å². The number of hydrogen-bond acceptors (Lipinski definition) is 3. The Bertz CT molecular complexity index is 745. The molecule has 0 bridgehead atoms. The van der Waals surface area contributed by atoms with E-state index >= 15 is 0 Å². The van der Waals surface area contributed by atoms with Crippen LogP contribution in [0.25, 0.3) is 5.57 Å². The van der Waals surface area contributed by atoms with Gasteiger partial charge in [0.05, 0.1) is 4.90 Å². The van der Waals surface area contributed by atoms with Gasteiger partial charge in [-0.3, -0.25) is 0 Å². The van der Waals surface area contributed by atoms with Crippen LogP contribution < -0.4 is 0 Å². The third kappa shape index (κ3) is 3.16. The number of allylic oxidation sites excluding steroid dienone is 1. The normalized spacial score (nSPS) is 13.9. The molecule has 0 aliphatic rings. The zero-order valence-corrected chi connectivity index (χ0v) is 11.9. The first-order chi connectivity index (χ1) is 9.74. The maximum atomic E-state index is 14.2. The van der Waals surface area contributed by atoms with Gasteiger partial charge in [-0.15, -0.1) is 11.3 Å². The van der Waals surface area contributed by atoms with E-state index in [-0.39, 0.29) is 0 Å². The minimum absolute atomic E-state index is 0.487. The molecule has 0 radical (unpaired) electrons. The van der Waals surface area contributed by atoms with Crippen LogP contribution in [0.1, 0.15) is 4.88 Å². The molecule has 0 saturated carbocycles. The van der Waals surface area contributed by atoms with Crippen molar-refractivity contribution in [3.63, 3.8) is 0 Å². The monoisotopic (exact) mass is 336 g/mol. The van der Waals surface area contributed by atoms with E-state index < -0.39 is 36.5 Å². The quantitative estimate of drug-likeness (QED) is 0.778. The Balaban J connectivity index is 2.69. The minimum atomic E-state index is -5.11. The summed E-state index contributed by atoms with van der Waals surface area (Å²) in [6.45, 7) is 0. The Morgan fingerprint density at radius 1 is 1.00 bits per heavy atom. The summed E-state index contributed by atoms with van der Waals surface area (Å²) in [6.07, 6.45) is -5.11. The van der Waals surface area contributed by atoms with Gasteiger partial charge in [0.1, 0.15) is 5.57 Å². The molecule has 2 aromatic rings. The summed E-state index contributed by atoms with van der Waals surface area (Å²) >= 11 is 0.615. The Hall–Kier alpha value is -1.67. The molecule has 1 aromatic heterocycles. The first kappa shape index (κ1) is 15.7. The van der Waals surface area contributed by atoms with Crippen molar-refractivity contribution < 1.29 is 26.0 Å². The van der Waals surface area contributed by atoms with E-state index in [0.717, 1.165) is 18.2 Å². The van der Waals surface area contributed by atoms with Gasteiger partial charge in [0.15, 0.2) is 0 Å². The number of rotatable bonds is 3. The van der Waals surface area contributed by atoms with Crippen LogP contribution in [-0.2, 0) is 9.84 Å². The molecule has 0 atom stereocenters. The van der Waals surface area contributed by atoms with Crippen LogP contribution in [0.3, 0.4) is 0 Å². The predicted octanol–water partition coefficient (Wildman–Crippen LogP) is 4.42. The zero-order chi connectivity index (χ0) is 15.7. The summed E-state index contributed by atoms with van der Waals surface area (Å²) < 4.78 is 77.2. The molecule has 0 aliphatic heterocycles. The lowest BCUT2D eigenvalue weighted by Gasteiger charge is -2.12. The molecule has 0 fully saturated rings. The lowest BCUT2D eigenvalue weighted by atomic mass is 10.2. The summed E-state index contributed by atoms with van der Waals surface area (Å²) in [6, 6.07) is 8.47. The fourth-order valence-corrected chi connectivity index (χ4v) is 3.67. The van der Waals surface area contributed by atoms with Gasteiger partial charge in [-0.2, -0.15) is 17.6 Å². The third-order valence-corrected chi connectivity index (χ3v) is 4.99. The summed E-state index contributed by atoms with van der Waals surface area (Å²) in [7, 11) is -4.85. The third-order valence-electron chi connectivity index (χ3n) is 2.54. The lowest BCUT2D eigenvalue weighted by Crippen LogP contribution is -2.15. The summed E-state index contributed by atoms with van der Waals surface area (Å²) in [5.41, 5.74) is -1.78. The number of hydrogen-bond donors (Lipinski definition) is 0. The number of benzene rings is 1. The van der Waals surface area contributed by atoms with Crippen molar-refractivity contribution in [3.8, 4) is 0 Å². The van der Waals surface area contributed by atoms with Gasteiger partial charge in [-0.1, -0.05) is 24.3 Å². The molecule has 0 unspecified atom stereocenters. The van der Waals surface area contributed by atoms with Crippen LogP contribution in [-0.4, -0.2) is 14.6 Å². The smallest absolute Gasteiger partial charge is 0.216 e. The second kappa shape index (κ2) is 5.61. The van der Waals surface area contributed by atoms with Crippen molar-refractivity contribution in [2.75, 3.05) is 0 Å². The molecule has 0 N–H and O–H groups in total. The van der Waals surface area contributed by atoms with Gasteiger partial charge in [-0.05, 0) is 23.6 Å². The highest BCUT2D eigenvalue weighted by atomic mass is 32.2. The van der Waals surface area contributed by atoms with E-state index in [0.29, 0.717) is 11.3 Å². The fourth-order valence-electron chi connectivity index (χ4n) is 1.61. The van der Waals surface area contributed by atoms with Gasteiger partial charge < -0.3 is 0 Å². The van der Waals surface area contributed by atoms with Gasteiger partial charge in [0.2, 0.25) is 15.0 Å². The zero-order valence-electron chi connectivity index (χ0n) is 10.3. The topological polar surface area (TPSA) is 34.1 Å². The Morgan fingerprint density at radius 2 is 1.62 bits per heavy atom. The molecule has 2 rings (SSSR count). The highest BCUT2D eigenvalue weighted by Gasteiger charge is 2.42. The maximum absolute atomic E-state index is 14.2.